The zero-order valence-electron chi connectivity index (χ0n) is 13.6. The SMILES string of the molecule is CC1=COCNc2c(C(C)CN3CCC3C(C)C)c[nH]c21. The van der Waals surface area contributed by atoms with Crippen molar-refractivity contribution < 1.29 is 4.74 Å². The molecule has 1 fully saturated rings. The fourth-order valence-corrected chi connectivity index (χ4v) is 3.56. The van der Waals surface area contributed by atoms with Crippen molar-refractivity contribution in [1.29, 1.82) is 0 Å². The Hall–Kier alpha value is -1.42. The molecule has 0 aliphatic carbocycles. The summed E-state index contributed by atoms with van der Waals surface area (Å²) >= 11 is 0. The lowest BCUT2D eigenvalue weighted by atomic mass is 9.89. The van der Waals surface area contributed by atoms with Gasteiger partial charge in [0, 0.05) is 24.4 Å². The highest BCUT2D eigenvalue weighted by atomic mass is 16.5. The topological polar surface area (TPSA) is 40.3 Å². The molecule has 0 aromatic carbocycles. The summed E-state index contributed by atoms with van der Waals surface area (Å²) < 4.78 is 5.44. The third-order valence-electron chi connectivity index (χ3n) is 4.89. The molecule has 116 valence electrons. The summed E-state index contributed by atoms with van der Waals surface area (Å²) in [4.78, 5) is 6.04. The number of aromatic nitrogens is 1. The Morgan fingerprint density at radius 2 is 2.19 bits per heavy atom. The van der Waals surface area contributed by atoms with Crippen molar-refractivity contribution in [3.05, 3.63) is 23.7 Å². The van der Waals surface area contributed by atoms with Gasteiger partial charge in [-0.15, -0.1) is 0 Å². The van der Waals surface area contributed by atoms with Crippen LogP contribution in [0, 0.1) is 5.92 Å². The molecule has 2 atom stereocenters. The second-order valence-electron chi connectivity index (χ2n) is 6.78. The lowest BCUT2D eigenvalue weighted by molar-refractivity contribution is 0.0514. The molecule has 3 rings (SSSR count). The van der Waals surface area contributed by atoms with Gasteiger partial charge in [0.15, 0.2) is 6.73 Å². The van der Waals surface area contributed by atoms with E-state index in [-0.39, 0.29) is 0 Å². The summed E-state index contributed by atoms with van der Waals surface area (Å²) in [5.41, 5.74) is 4.91. The Morgan fingerprint density at radius 1 is 1.38 bits per heavy atom. The highest BCUT2D eigenvalue weighted by Gasteiger charge is 2.32. The van der Waals surface area contributed by atoms with Crippen LogP contribution in [0.4, 0.5) is 5.69 Å². The van der Waals surface area contributed by atoms with E-state index in [0.717, 1.165) is 24.1 Å². The van der Waals surface area contributed by atoms with Gasteiger partial charge >= 0.3 is 0 Å². The lowest BCUT2D eigenvalue weighted by Crippen LogP contribution is -2.51. The number of aromatic amines is 1. The van der Waals surface area contributed by atoms with Crippen LogP contribution in [-0.2, 0) is 4.74 Å². The van der Waals surface area contributed by atoms with Crippen LogP contribution in [0.2, 0.25) is 0 Å². The van der Waals surface area contributed by atoms with Crippen LogP contribution < -0.4 is 5.32 Å². The van der Waals surface area contributed by atoms with Gasteiger partial charge in [-0.1, -0.05) is 20.8 Å². The van der Waals surface area contributed by atoms with E-state index >= 15 is 0 Å². The zero-order chi connectivity index (χ0) is 15.0. The smallest absolute Gasteiger partial charge is 0.158 e. The molecule has 1 saturated heterocycles. The maximum absolute atomic E-state index is 5.44. The largest absolute Gasteiger partial charge is 0.481 e. The van der Waals surface area contributed by atoms with E-state index in [0.29, 0.717) is 12.6 Å². The summed E-state index contributed by atoms with van der Waals surface area (Å²) in [5, 5.41) is 3.40. The number of ether oxygens (including phenoxy) is 1. The van der Waals surface area contributed by atoms with E-state index < -0.39 is 0 Å². The van der Waals surface area contributed by atoms with Crippen LogP contribution in [0.15, 0.2) is 12.5 Å². The van der Waals surface area contributed by atoms with Gasteiger partial charge in [0.05, 0.1) is 17.6 Å². The Kier molecular flexibility index (Phi) is 3.98. The summed E-state index contributed by atoms with van der Waals surface area (Å²) in [6.07, 6.45) is 5.34. The number of rotatable bonds is 4. The first-order chi connectivity index (χ1) is 10.1. The first kappa shape index (κ1) is 14.5. The minimum absolute atomic E-state index is 0.518. The molecule has 0 bridgehead atoms. The highest BCUT2D eigenvalue weighted by molar-refractivity contribution is 5.76. The maximum atomic E-state index is 5.44. The summed E-state index contributed by atoms with van der Waals surface area (Å²) in [6.45, 7) is 12.0. The predicted octanol–water partition coefficient (Wildman–Crippen LogP) is 3.61. The summed E-state index contributed by atoms with van der Waals surface area (Å²) in [5.74, 6) is 1.27. The first-order valence-electron chi connectivity index (χ1n) is 8.06. The number of hydrogen-bond acceptors (Lipinski definition) is 3. The van der Waals surface area contributed by atoms with Gasteiger partial charge in [-0.25, -0.2) is 0 Å². The van der Waals surface area contributed by atoms with Gasteiger partial charge in [0.25, 0.3) is 0 Å². The van der Waals surface area contributed by atoms with Gasteiger partial charge in [-0.05, 0) is 37.3 Å². The van der Waals surface area contributed by atoms with Crippen LogP contribution in [0.25, 0.3) is 5.57 Å². The van der Waals surface area contributed by atoms with Gasteiger partial charge in [0.1, 0.15) is 0 Å². The van der Waals surface area contributed by atoms with E-state index in [4.69, 9.17) is 4.74 Å². The average Bonchev–Trinajstić information content (AvgIpc) is 2.74. The van der Waals surface area contributed by atoms with Crippen molar-refractivity contribution in [2.24, 2.45) is 5.92 Å². The second kappa shape index (κ2) is 5.76. The van der Waals surface area contributed by atoms with Crippen molar-refractivity contribution in [2.75, 3.05) is 25.1 Å². The maximum Gasteiger partial charge on any atom is 0.158 e. The molecule has 4 nitrogen and oxygen atoms in total. The Labute approximate surface area is 127 Å². The van der Waals surface area contributed by atoms with Gasteiger partial charge < -0.3 is 15.0 Å². The monoisotopic (exact) mass is 289 g/mol. The lowest BCUT2D eigenvalue weighted by Gasteiger charge is -2.45. The zero-order valence-corrected chi connectivity index (χ0v) is 13.6. The fourth-order valence-electron chi connectivity index (χ4n) is 3.56. The number of fused-ring (bicyclic) bond motifs is 1. The van der Waals surface area contributed by atoms with Crippen molar-refractivity contribution >= 4 is 11.3 Å². The molecule has 1 aromatic heterocycles. The van der Waals surface area contributed by atoms with Crippen molar-refractivity contribution in [2.45, 2.75) is 46.1 Å². The van der Waals surface area contributed by atoms with Crippen molar-refractivity contribution in [3.8, 4) is 0 Å². The number of nitrogens with one attached hydrogen (secondary N) is 2. The number of likely N-dealkylation sites (tertiary alicyclic amines) is 1. The summed E-state index contributed by atoms with van der Waals surface area (Å²) in [6, 6.07) is 0.767. The number of H-pyrrole nitrogens is 1. The molecule has 0 amide bonds. The fraction of sp³-hybridized carbons (Fsp3) is 0.647. The van der Waals surface area contributed by atoms with E-state index in [1.54, 1.807) is 0 Å². The van der Waals surface area contributed by atoms with Crippen LogP contribution in [-0.4, -0.2) is 35.7 Å². The number of nitrogens with zero attached hydrogens (tertiary/aromatic N) is 1. The first-order valence-corrected chi connectivity index (χ1v) is 8.06. The quantitative estimate of drug-likeness (QED) is 0.889. The van der Waals surface area contributed by atoms with E-state index in [1.807, 2.05) is 6.26 Å². The molecular formula is C17H27N3O. The van der Waals surface area contributed by atoms with Gasteiger partial charge in [-0.2, -0.15) is 0 Å². The minimum Gasteiger partial charge on any atom is -0.481 e. The number of allylic oxidation sites excluding steroid dienone is 1. The highest BCUT2D eigenvalue weighted by Crippen LogP contribution is 2.35. The van der Waals surface area contributed by atoms with Crippen LogP contribution >= 0.6 is 0 Å². The van der Waals surface area contributed by atoms with E-state index in [2.05, 4.69) is 49.1 Å². The Balaban J connectivity index is 1.74. The molecule has 1 aromatic rings. The second-order valence-corrected chi connectivity index (χ2v) is 6.78. The molecule has 2 N–H and O–H groups in total. The minimum atomic E-state index is 0.518. The molecule has 0 saturated carbocycles. The Bertz CT molecular complexity index is 532. The van der Waals surface area contributed by atoms with E-state index in [1.165, 1.54) is 29.9 Å². The van der Waals surface area contributed by atoms with Crippen LogP contribution in [0.5, 0.6) is 0 Å². The normalized spacial score (nSPS) is 23.5. The van der Waals surface area contributed by atoms with E-state index in [9.17, 15) is 0 Å². The van der Waals surface area contributed by atoms with Gasteiger partial charge in [0.2, 0.25) is 0 Å². The van der Waals surface area contributed by atoms with Gasteiger partial charge in [-0.3, -0.25) is 4.90 Å². The Morgan fingerprint density at radius 3 is 2.86 bits per heavy atom. The molecule has 0 spiro atoms. The molecule has 0 radical (unpaired) electrons. The molecule has 2 unspecified atom stereocenters. The van der Waals surface area contributed by atoms with Crippen LogP contribution in [0.1, 0.15) is 51.3 Å². The average molecular weight is 289 g/mol. The molecular weight excluding hydrogens is 262 g/mol. The number of anilines is 1. The van der Waals surface area contributed by atoms with Crippen LogP contribution in [0.3, 0.4) is 0 Å². The molecule has 4 heteroatoms. The molecule has 21 heavy (non-hydrogen) atoms. The number of hydrogen-bond donors (Lipinski definition) is 2. The third kappa shape index (κ3) is 2.69. The van der Waals surface area contributed by atoms with Crippen molar-refractivity contribution in [1.82, 2.24) is 9.88 Å². The predicted molar refractivity (Wildman–Crippen MR) is 87.2 cm³/mol. The summed E-state index contributed by atoms with van der Waals surface area (Å²) in [7, 11) is 0. The third-order valence-corrected chi connectivity index (χ3v) is 4.89. The standard InChI is InChI=1S/C17H27N3O/c1-11(2)15-5-6-20(15)8-12(3)14-7-18-16-13(4)9-21-10-19-17(14)16/h7,9,11-12,15,18-19H,5-6,8,10H2,1-4H3. The van der Waals surface area contributed by atoms with Crippen molar-refractivity contribution in [3.63, 3.8) is 0 Å². The molecule has 2 aliphatic rings. The molecule has 3 heterocycles. The molecule has 2 aliphatic heterocycles.